The normalized spacial score (nSPS) is 16.3. The van der Waals surface area contributed by atoms with Crippen molar-refractivity contribution in [2.75, 3.05) is 7.05 Å². The number of benzene rings is 1. The summed E-state index contributed by atoms with van der Waals surface area (Å²) in [5.74, 6) is 0.951. The first-order chi connectivity index (χ1) is 9.28. The number of hydrogen-bond acceptors (Lipinski definition) is 3. The molecule has 1 aromatic carbocycles. The third-order valence-electron chi connectivity index (χ3n) is 3.29. The summed E-state index contributed by atoms with van der Waals surface area (Å²) < 4.78 is 11.8. The molecular formula is C15H16BrNO2. The Kier molecular flexibility index (Phi) is 3.62. The highest BCUT2D eigenvalue weighted by atomic mass is 79.9. The Labute approximate surface area is 121 Å². The van der Waals surface area contributed by atoms with Gasteiger partial charge in [0.15, 0.2) is 4.67 Å². The molecule has 100 valence electrons. The SMILES string of the molecule is CNC(c1ccc(OC2CC2)cc1)c1ccoc1Br. The Morgan fingerprint density at radius 2 is 2.00 bits per heavy atom. The van der Waals surface area contributed by atoms with Crippen LogP contribution in [0.25, 0.3) is 0 Å². The van der Waals surface area contributed by atoms with Crippen molar-refractivity contribution in [3.05, 3.63) is 52.4 Å². The van der Waals surface area contributed by atoms with Gasteiger partial charge in [-0.25, -0.2) is 0 Å². The van der Waals surface area contributed by atoms with E-state index in [1.54, 1.807) is 6.26 Å². The highest BCUT2D eigenvalue weighted by molar-refractivity contribution is 9.10. The summed E-state index contributed by atoms with van der Waals surface area (Å²) in [4.78, 5) is 0. The van der Waals surface area contributed by atoms with E-state index in [9.17, 15) is 0 Å². The van der Waals surface area contributed by atoms with Crippen molar-refractivity contribution in [2.24, 2.45) is 0 Å². The fourth-order valence-corrected chi connectivity index (χ4v) is 2.60. The maximum atomic E-state index is 5.76. The lowest BCUT2D eigenvalue weighted by molar-refractivity contribution is 0.303. The van der Waals surface area contributed by atoms with Crippen molar-refractivity contribution in [1.82, 2.24) is 5.32 Å². The molecule has 4 heteroatoms. The summed E-state index contributed by atoms with van der Waals surface area (Å²) in [7, 11) is 1.94. The van der Waals surface area contributed by atoms with E-state index in [1.807, 2.05) is 25.2 Å². The first-order valence-corrected chi connectivity index (χ1v) is 7.24. The van der Waals surface area contributed by atoms with Crippen molar-refractivity contribution in [3.8, 4) is 5.75 Å². The van der Waals surface area contributed by atoms with Crippen molar-refractivity contribution in [3.63, 3.8) is 0 Å². The fraction of sp³-hybridized carbons (Fsp3) is 0.333. The number of ether oxygens (including phenoxy) is 1. The molecule has 1 aromatic heterocycles. The number of halogens is 1. The molecule has 3 rings (SSSR count). The first-order valence-electron chi connectivity index (χ1n) is 6.44. The van der Waals surface area contributed by atoms with Crippen molar-refractivity contribution in [2.45, 2.75) is 25.0 Å². The highest BCUT2D eigenvalue weighted by Crippen LogP contribution is 2.31. The maximum absolute atomic E-state index is 5.76. The Morgan fingerprint density at radius 1 is 1.26 bits per heavy atom. The van der Waals surface area contributed by atoms with Crippen LogP contribution in [0.2, 0.25) is 0 Å². The van der Waals surface area contributed by atoms with Gasteiger partial charge in [0.05, 0.1) is 18.4 Å². The smallest absolute Gasteiger partial charge is 0.174 e. The van der Waals surface area contributed by atoms with Crippen LogP contribution in [0.5, 0.6) is 5.75 Å². The van der Waals surface area contributed by atoms with E-state index in [1.165, 1.54) is 18.4 Å². The highest BCUT2D eigenvalue weighted by Gasteiger charge is 2.23. The van der Waals surface area contributed by atoms with E-state index in [2.05, 4.69) is 33.4 Å². The molecule has 1 N–H and O–H groups in total. The molecule has 2 aromatic rings. The first kappa shape index (κ1) is 12.8. The van der Waals surface area contributed by atoms with Crippen LogP contribution in [0.1, 0.15) is 30.0 Å². The Bertz CT molecular complexity index is 546. The van der Waals surface area contributed by atoms with Gasteiger partial charge in [-0.15, -0.1) is 0 Å². The average Bonchev–Trinajstić information content (AvgIpc) is 3.14. The third kappa shape index (κ3) is 2.85. The lowest BCUT2D eigenvalue weighted by Crippen LogP contribution is -2.17. The molecule has 1 saturated carbocycles. The molecule has 1 unspecified atom stereocenters. The minimum absolute atomic E-state index is 0.114. The van der Waals surface area contributed by atoms with E-state index >= 15 is 0 Å². The van der Waals surface area contributed by atoms with E-state index < -0.39 is 0 Å². The zero-order valence-corrected chi connectivity index (χ0v) is 12.3. The standard InChI is InChI=1S/C15H16BrNO2/c1-17-14(13-8-9-18-15(13)16)10-2-4-11(5-3-10)19-12-6-7-12/h2-5,8-9,12,14,17H,6-7H2,1H3. The molecular weight excluding hydrogens is 306 g/mol. The minimum atomic E-state index is 0.114. The maximum Gasteiger partial charge on any atom is 0.174 e. The summed E-state index contributed by atoms with van der Waals surface area (Å²) >= 11 is 3.43. The van der Waals surface area contributed by atoms with E-state index in [0.717, 1.165) is 16.0 Å². The van der Waals surface area contributed by atoms with E-state index in [-0.39, 0.29) is 6.04 Å². The van der Waals surface area contributed by atoms with Gasteiger partial charge >= 0.3 is 0 Å². The third-order valence-corrected chi connectivity index (χ3v) is 3.93. The average molecular weight is 322 g/mol. The molecule has 0 saturated heterocycles. The fourth-order valence-electron chi connectivity index (χ4n) is 2.13. The van der Waals surface area contributed by atoms with Crippen LogP contribution in [-0.2, 0) is 0 Å². The van der Waals surface area contributed by atoms with E-state index in [0.29, 0.717) is 6.10 Å². The van der Waals surface area contributed by atoms with Crippen molar-refractivity contribution in [1.29, 1.82) is 0 Å². The number of nitrogens with one attached hydrogen (secondary N) is 1. The molecule has 3 nitrogen and oxygen atoms in total. The molecule has 19 heavy (non-hydrogen) atoms. The van der Waals surface area contributed by atoms with Crippen LogP contribution in [0, 0.1) is 0 Å². The van der Waals surface area contributed by atoms with Crippen LogP contribution >= 0.6 is 15.9 Å². The Hall–Kier alpha value is -1.26. The molecule has 0 aliphatic heterocycles. The van der Waals surface area contributed by atoms with Gasteiger partial charge < -0.3 is 14.5 Å². The predicted molar refractivity (Wildman–Crippen MR) is 77.4 cm³/mol. The number of rotatable bonds is 5. The lowest BCUT2D eigenvalue weighted by Gasteiger charge is -2.16. The lowest BCUT2D eigenvalue weighted by atomic mass is 10.0. The summed E-state index contributed by atoms with van der Waals surface area (Å²) in [6.07, 6.45) is 4.49. The summed E-state index contributed by atoms with van der Waals surface area (Å²) in [6.45, 7) is 0. The zero-order chi connectivity index (χ0) is 13.2. The Balaban J connectivity index is 1.81. The minimum Gasteiger partial charge on any atom is -0.490 e. The van der Waals surface area contributed by atoms with Crippen LogP contribution in [-0.4, -0.2) is 13.2 Å². The van der Waals surface area contributed by atoms with Gasteiger partial charge in [0.2, 0.25) is 0 Å². The molecule has 1 aliphatic rings. The van der Waals surface area contributed by atoms with Gasteiger partial charge in [-0.3, -0.25) is 0 Å². The second-order valence-corrected chi connectivity index (χ2v) is 5.48. The van der Waals surface area contributed by atoms with Gasteiger partial charge in [0, 0.05) is 5.56 Å². The quantitative estimate of drug-likeness (QED) is 0.907. The predicted octanol–water partition coefficient (Wildman–Crippen LogP) is 3.89. The van der Waals surface area contributed by atoms with Crippen LogP contribution < -0.4 is 10.1 Å². The summed E-state index contributed by atoms with van der Waals surface area (Å²) in [6, 6.07) is 10.3. The van der Waals surface area contributed by atoms with Crippen LogP contribution in [0.15, 0.2) is 45.7 Å². The van der Waals surface area contributed by atoms with Gasteiger partial charge in [0.25, 0.3) is 0 Å². The van der Waals surface area contributed by atoms with Crippen molar-refractivity contribution >= 4 is 15.9 Å². The van der Waals surface area contributed by atoms with Crippen LogP contribution in [0.3, 0.4) is 0 Å². The zero-order valence-electron chi connectivity index (χ0n) is 10.7. The monoisotopic (exact) mass is 321 g/mol. The van der Waals surface area contributed by atoms with Gasteiger partial charge in [0.1, 0.15) is 5.75 Å². The van der Waals surface area contributed by atoms with Gasteiger partial charge in [-0.05, 0) is 59.6 Å². The molecule has 0 amide bonds. The second-order valence-electron chi connectivity index (χ2n) is 4.76. The Morgan fingerprint density at radius 3 is 2.53 bits per heavy atom. The largest absolute Gasteiger partial charge is 0.490 e. The molecule has 1 fully saturated rings. The summed E-state index contributed by atoms with van der Waals surface area (Å²) in [5.41, 5.74) is 2.28. The van der Waals surface area contributed by atoms with E-state index in [4.69, 9.17) is 9.15 Å². The molecule has 0 spiro atoms. The second kappa shape index (κ2) is 5.39. The topological polar surface area (TPSA) is 34.4 Å². The van der Waals surface area contributed by atoms with Crippen molar-refractivity contribution < 1.29 is 9.15 Å². The van der Waals surface area contributed by atoms with Gasteiger partial charge in [-0.2, -0.15) is 0 Å². The van der Waals surface area contributed by atoms with Gasteiger partial charge in [-0.1, -0.05) is 12.1 Å². The molecule has 1 heterocycles. The van der Waals surface area contributed by atoms with Crippen LogP contribution in [0.4, 0.5) is 0 Å². The molecule has 1 aliphatic carbocycles. The summed E-state index contributed by atoms with van der Waals surface area (Å²) in [5, 5.41) is 3.30. The molecule has 0 radical (unpaired) electrons. The molecule has 1 atom stereocenters. The number of furan rings is 1. The molecule has 0 bridgehead atoms. The number of hydrogen-bond donors (Lipinski definition) is 1.